The van der Waals surface area contributed by atoms with E-state index in [-0.39, 0.29) is 31.0 Å². The summed E-state index contributed by atoms with van der Waals surface area (Å²) in [7, 11) is 0. The van der Waals surface area contributed by atoms with E-state index in [2.05, 4.69) is 5.32 Å². The van der Waals surface area contributed by atoms with Crippen LogP contribution >= 0.6 is 23.2 Å². The first-order valence-electron chi connectivity index (χ1n) is 11.1. The maximum absolute atomic E-state index is 13.1. The van der Waals surface area contributed by atoms with Gasteiger partial charge in [-0.1, -0.05) is 66.2 Å². The molecule has 3 rings (SSSR count). The first-order chi connectivity index (χ1) is 15.3. The van der Waals surface area contributed by atoms with Crippen molar-refractivity contribution in [3.05, 3.63) is 63.6 Å². The molecule has 0 bridgehead atoms. The van der Waals surface area contributed by atoms with E-state index in [1.54, 1.807) is 25.1 Å². The van der Waals surface area contributed by atoms with E-state index < -0.39 is 6.04 Å². The molecular formula is C25H30Cl2N2O3. The van der Waals surface area contributed by atoms with Crippen LogP contribution in [0, 0.1) is 6.92 Å². The van der Waals surface area contributed by atoms with Crippen molar-refractivity contribution in [1.82, 2.24) is 10.2 Å². The van der Waals surface area contributed by atoms with Gasteiger partial charge in [-0.15, -0.1) is 0 Å². The van der Waals surface area contributed by atoms with Crippen LogP contribution in [0.1, 0.15) is 50.2 Å². The zero-order valence-corrected chi connectivity index (χ0v) is 20.1. The fourth-order valence-electron chi connectivity index (χ4n) is 3.85. The predicted molar refractivity (Wildman–Crippen MR) is 128 cm³/mol. The molecule has 1 atom stereocenters. The molecule has 0 spiro atoms. The quantitative estimate of drug-likeness (QED) is 0.543. The normalized spacial score (nSPS) is 15.1. The Morgan fingerprint density at radius 3 is 2.41 bits per heavy atom. The number of amides is 2. The van der Waals surface area contributed by atoms with Gasteiger partial charge < -0.3 is 15.0 Å². The Bertz CT molecular complexity index is 927. The summed E-state index contributed by atoms with van der Waals surface area (Å²) in [5.74, 6) is 0.182. The minimum atomic E-state index is -0.652. The fourth-order valence-corrected chi connectivity index (χ4v) is 4.17. The van der Waals surface area contributed by atoms with Gasteiger partial charge in [0.1, 0.15) is 11.8 Å². The fraction of sp³-hybridized carbons (Fsp3) is 0.440. The third kappa shape index (κ3) is 6.88. The predicted octanol–water partition coefficient (Wildman–Crippen LogP) is 5.55. The van der Waals surface area contributed by atoms with Gasteiger partial charge in [-0.3, -0.25) is 9.59 Å². The molecule has 2 amide bonds. The molecule has 1 fully saturated rings. The molecule has 0 radical (unpaired) electrons. The van der Waals surface area contributed by atoms with Crippen LogP contribution in [0.2, 0.25) is 10.0 Å². The maximum Gasteiger partial charge on any atom is 0.261 e. The lowest BCUT2D eigenvalue weighted by atomic mass is 9.95. The van der Waals surface area contributed by atoms with Crippen LogP contribution in [-0.4, -0.2) is 35.4 Å². The molecule has 0 heterocycles. The van der Waals surface area contributed by atoms with Crippen molar-refractivity contribution < 1.29 is 14.3 Å². The number of ether oxygens (including phenoxy) is 1. The molecule has 2 aromatic rings. The standard InChI is InChI=1S/C25H30Cl2N2O3/c1-17-8-11-21(12-9-17)32-16-24(30)29(15-19-10-13-22(26)23(27)14-19)18(2)25(31)28-20-6-4-3-5-7-20/h8-14,18,20H,3-7,15-16H2,1-2H3,(H,28,31)/t18-/m0/s1. The Balaban J connectivity index is 1.72. The Kier molecular flexibility index (Phi) is 8.83. The first kappa shape index (κ1) is 24.4. The Morgan fingerprint density at radius 2 is 1.75 bits per heavy atom. The van der Waals surface area contributed by atoms with Crippen molar-refractivity contribution in [2.45, 2.75) is 64.6 Å². The van der Waals surface area contributed by atoms with E-state index >= 15 is 0 Å². The molecule has 1 N–H and O–H groups in total. The number of benzene rings is 2. The number of aryl methyl sites for hydroxylation is 1. The minimum absolute atomic E-state index is 0.152. The van der Waals surface area contributed by atoms with Crippen molar-refractivity contribution in [2.75, 3.05) is 6.61 Å². The molecule has 2 aromatic carbocycles. The molecule has 0 aromatic heterocycles. The summed E-state index contributed by atoms with van der Waals surface area (Å²) in [6.45, 7) is 3.80. The summed E-state index contributed by atoms with van der Waals surface area (Å²) >= 11 is 12.2. The molecule has 1 aliphatic carbocycles. The van der Waals surface area contributed by atoms with Gasteiger partial charge >= 0.3 is 0 Å². The molecule has 172 valence electrons. The van der Waals surface area contributed by atoms with Gasteiger partial charge in [0.2, 0.25) is 5.91 Å². The minimum Gasteiger partial charge on any atom is -0.484 e. The van der Waals surface area contributed by atoms with Gasteiger partial charge in [0, 0.05) is 12.6 Å². The zero-order chi connectivity index (χ0) is 23.1. The number of nitrogens with one attached hydrogen (secondary N) is 1. The van der Waals surface area contributed by atoms with Crippen LogP contribution in [0.3, 0.4) is 0 Å². The average Bonchev–Trinajstić information content (AvgIpc) is 2.79. The first-order valence-corrected chi connectivity index (χ1v) is 11.8. The molecule has 1 saturated carbocycles. The van der Waals surface area contributed by atoms with E-state index in [1.165, 1.54) is 11.3 Å². The largest absolute Gasteiger partial charge is 0.484 e. The molecule has 5 nitrogen and oxygen atoms in total. The molecule has 0 saturated heterocycles. The monoisotopic (exact) mass is 476 g/mol. The van der Waals surface area contributed by atoms with Crippen molar-refractivity contribution >= 4 is 35.0 Å². The number of rotatable bonds is 8. The van der Waals surface area contributed by atoms with Gasteiger partial charge in [-0.25, -0.2) is 0 Å². The van der Waals surface area contributed by atoms with Crippen molar-refractivity contribution in [2.24, 2.45) is 0 Å². The molecular weight excluding hydrogens is 447 g/mol. The van der Waals surface area contributed by atoms with Crippen molar-refractivity contribution in [3.8, 4) is 5.75 Å². The smallest absolute Gasteiger partial charge is 0.261 e. The average molecular weight is 477 g/mol. The third-order valence-corrected chi connectivity index (χ3v) is 6.58. The number of hydrogen-bond donors (Lipinski definition) is 1. The highest BCUT2D eigenvalue weighted by molar-refractivity contribution is 6.42. The summed E-state index contributed by atoms with van der Waals surface area (Å²) in [5.41, 5.74) is 1.90. The summed E-state index contributed by atoms with van der Waals surface area (Å²) in [5, 5.41) is 3.97. The van der Waals surface area contributed by atoms with Crippen molar-refractivity contribution in [3.63, 3.8) is 0 Å². The lowest BCUT2D eigenvalue weighted by molar-refractivity contribution is -0.142. The lowest BCUT2D eigenvalue weighted by Gasteiger charge is -2.31. The molecule has 7 heteroatoms. The highest BCUT2D eigenvalue weighted by atomic mass is 35.5. The van der Waals surface area contributed by atoms with E-state index in [0.29, 0.717) is 15.8 Å². The van der Waals surface area contributed by atoms with E-state index in [1.807, 2.05) is 31.2 Å². The second-order valence-electron chi connectivity index (χ2n) is 8.39. The van der Waals surface area contributed by atoms with Gasteiger partial charge in [-0.05, 0) is 56.5 Å². The SMILES string of the molecule is Cc1ccc(OCC(=O)N(Cc2ccc(Cl)c(Cl)c2)[C@@H](C)C(=O)NC2CCCCC2)cc1. The van der Waals surface area contributed by atoms with E-state index in [4.69, 9.17) is 27.9 Å². The molecule has 0 aliphatic heterocycles. The second-order valence-corrected chi connectivity index (χ2v) is 9.21. The Hall–Kier alpha value is -2.24. The topological polar surface area (TPSA) is 58.6 Å². The van der Waals surface area contributed by atoms with Gasteiger partial charge in [0.25, 0.3) is 5.91 Å². The summed E-state index contributed by atoms with van der Waals surface area (Å²) in [6, 6.07) is 12.2. The Morgan fingerprint density at radius 1 is 1.06 bits per heavy atom. The second kappa shape index (κ2) is 11.6. The molecule has 1 aliphatic rings. The lowest BCUT2D eigenvalue weighted by Crippen LogP contribution is -2.51. The number of carbonyl (C=O) groups excluding carboxylic acids is 2. The number of carbonyl (C=O) groups is 2. The summed E-state index contributed by atoms with van der Waals surface area (Å²) < 4.78 is 5.69. The summed E-state index contributed by atoms with van der Waals surface area (Å²) in [6.07, 6.45) is 5.41. The van der Waals surface area contributed by atoms with Gasteiger partial charge in [0.15, 0.2) is 6.61 Å². The maximum atomic E-state index is 13.1. The number of nitrogens with zero attached hydrogens (tertiary/aromatic N) is 1. The number of hydrogen-bond acceptors (Lipinski definition) is 3. The molecule has 32 heavy (non-hydrogen) atoms. The Labute approximate surface area is 200 Å². The van der Waals surface area contributed by atoms with Crippen LogP contribution in [-0.2, 0) is 16.1 Å². The van der Waals surface area contributed by atoms with Crippen LogP contribution in [0.15, 0.2) is 42.5 Å². The van der Waals surface area contributed by atoms with Crippen LogP contribution in [0.25, 0.3) is 0 Å². The van der Waals surface area contributed by atoms with E-state index in [9.17, 15) is 9.59 Å². The highest BCUT2D eigenvalue weighted by Gasteiger charge is 2.28. The highest BCUT2D eigenvalue weighted by Crippen LogP contribution is 2.24. The summed E-state index contributed by atoms with van der Waals surface area (Å²) in [4.78, 5) is 27.7. The third-order valence-electron chi connectivity index (χ3n) is 5.84. The molecule has 0 unspecified atom stereocenters. The van der Waals surface area contributed by atoms with Crippen LogP contribution in [0.5, 0.6) is 5.75 Å². The zero-order valence-electron chi connectivity index (χ0n) is 18.6. The van der Waals surface area contributed by atoms with Gasteiger partial charge in [-0.2, -0.15) is 0 Å². The van der Waals surface area contributed by atoms with Crippen LogP contribution in [0.4, 0.5) is 0 Å². The van der Waals surface area contributed by atoms with E-state index in [0.717, 1.165) is 36.8 Å². The van der Waals surface area contributed by atoms with Gasteiger partial charge in [0.05, 0.1) is 10.0 Å². The van der Waals surface area contributed by atoms with Crippen LogP contribution < -0.4 is 10.1 Å². The van der Waals surface area contributed by atoms with Crippen molar-refractivity contribution in [1.29, 1.82) is 0 Å². The number of halogens is 2.